The van der Waals surface area contributed by atoms with Gasteiger partial charge in [-0.05, 0) is 56.9 Å². The average Bonchev–Trinajstić information content (AvgIpc) is 2.94. The molecule has 0 aliphatic carbocycles. The summed E-state index contributed by atoms with van der Waals surface area (Å²) in [6, 6.07) is 14.7. The number of amides is 3. The number of hydrogen-bond donors (Lipinski definition) is 6. The van der Waals surface area contributed by atoms with E-state index in [0.717, 1.165) is 11.1 Å². The zero-order chi connectivity index (χ0) is 32.7. The highest BCUT2D eigenvalue weighted by molar-refractivity contribution is 5.68. The zero-order valence-electron chi connectivity index (χ0n) is 26.0. The van der Waals surface area contributed by atoms with E-state index in [4.69, 9.17) is 14.2 Å². The molecule has 0 aliphatic heterocycles. The lowest BCUT2D eigenvalue weighted by Crippen LogP contribution is -2.52. The molecule has 0 radical (unpaired) electrons. The number of carboxylic acid groups (broad SMARTS) is 1. The maximum Gasteiger partial charge on any atom is 0.409 e. The van der Waals surface area contributed by atoms with Crippen LogP contribution in [0, 0.1) is 0 Å². The minimum atomic E-state index is -1.25. The first-order valence-corrected chi connectivity index (χ1v) is 14.4. The second-order valence-corrected chi connectivity index (χ2v) is 11.5. The number of rotatable bonds is 16. The third-order valence-corrected chi connectivity index (χ3v) is 6.27. The number of benzene rings is 2. The summed E-state index contributed by atoms with van der Waals surface area (Å²) in [5.41, 5.74) is 0.911. The lowest BCUT2D eigenvalue weighted by atomic mass is 10.00. The minimum absolute atomic E-state index is 0.00445. The van der Waals surface area contributed by atoms with Crippen LogP contribution in [0.2, 0.25) is 0 Å². The number of nitrogens with one attached hydrogen (secondary N) is 3. The topological polar surface area (TPSA) is 179 Å². The molecule has 1 unspecified atom stereocenters. The highest BCUT2D eigenvalue weighted by Gasteiger charge is 2.26. The lowest BCUT2D eigenvalue weighted by molar-refractivity contribution is 0.0416. The van der Waals surface area contributed by atoms with E-state index in [9.17, 15) is 29.7 Å². The predicted molar refractivity (Wildman–Crippen MR) is 164 cm³/mol. The monoisotopic (exact) mass is 618 g/mol. The fourth-order valence-corrected chi connectivity index (χ4v) is 4.11. The van der Waals surface area contributed by atoms with E-state index >= 15 is 0 Å². The zero-order valence-corrected chi connectivity index (χ0v) is 26.0. The summed E-state index contributed by atoms with van der Waals surface area (Å²) < 4.78 is 16.0. The Morgan fingerprint density at radius 3 is 1.89 bits per heavy atom. The van der Waals surface area contributed by atoms with Crippen LogP contribution in [-0.2, 0) is 22.3 Å². The second kappa shape index (κ2) is 17.9. The molecule has 0 fully saturated rings. The molecule has 13 heteroatoms. The quantitative estimate of drug-likeness (QED) is 0.153. The normalized spacial score (nSPS) is 14.0. The molecule has 0 aromatic heterocycles. The van der Waals surface area contributed by atoms with Gasteiger partial charge in [0.1, 0.15) is 24.6 Å². The van der Waals surface area contributed by atoms with Gasteiger partial charge in [-0.1, -0.05) is 42.5 Å². The Balaban J connectivity index is 1.99. The van der Waals surface area contributed by atoms with Crippen molar-refractivity contribution in [2.75, 3.05) is 40.4 Å². The molecule has 0 aliphatic rings. The van der Waals surface area contributed by atoms with Gasteiger partial charge in [0.25, 0.3) is 0 Å². The molecule has 6 N–H and O–H groups in total. The predicted octanol–water partition coefficient (Wildman–Crippen LogP) is 2.39. The van der Waals surface area contributed by atoms with Gasteiger partial charge in [-0.15, -0.1) is 0 Å². The van der Waals surface area contributed by atoms with E-state index in [-0.39, 0.29) is 39.1 Å². The highest BCUT2D eigenvalue weighted by atomic mass is 16.6. The molecular formula is C31H46N4O9. The molecule has 2 aromatic rings. The van der Waals surface area contributed by atoms with Gasteiger partial charge in [0.15, 0.2) is 0 Å². The summed E-state index contributed by atoms with van der Waals surface area (Å²) in [6.07, 6.45) is -4.05. The lowest BCUT2D eigenvalue weighted by Gasteiger charge is -2.28. The van der Waals surface area contributed by atoms with Crippen molar-refractivity contribution in [2.45, 2.75) is 63.5 Å². The van der Waals surface area contributed by atoms with Crippen LogP contribution in [-0.4, -0.2) is 109 Å². The Labute approximate surface area is 258 Å². The minimum Gasteiger partial charge on any atom is -0.490 e. The van der Waals surface area contributed by atoms with Crippen molar-refractivity contribution in [3.63, 3.8) is 0 Å². The SMILES string of the molecule is CN(C)C(=O)OCCOc1ccc(C[C@H](NC(=O)OC(C)(C)C)C(O)CNC[C@@H](O)[C@H](Cc2ccccc2)NC(=O)O)cc1. The van der Waals surface area contributed by atoms with Gasteiger partial charge in [-0.3, -0.25) is 0 Å². The van der Waals surface area contributed by atoms with Crippen LogP contribution in [0.15, 0.2) is 54.6 Å². The Hall–Kier alpha value is -4.07. The standard InChI is InChI=1S/C31H46N4O9/c1-31(2,3)44-29(40)34-25(18-22-11-13-23(14-12-22)42-15-16-43-30(41)35(4)5)27(37)20-32-19-26(36)24(33-28(38)39)17-21-9-7-6-8-10-21/h6-14,24-27,32-33,36-37H,15-20H2,1-5H3,(H,34,40)(H,38,39)/t24-,25-,26+,27?/m0/s1. The molecule has 0 saturated heterocycles. The summed E-state index contributed by atoms with van der Waals surface area (Å²) in [5, 5.41) is 39.1. The third-order valence-electron chi connectivity index (χ3n) is 6.27. The molecular weight excluding hydrogens is 572 g/mol. The number of aliphatic hydroxyl groups is 2. The molecule has 3 amide bonds. The van der Waals surface area contributed by atoms with Crippen LogP contribution >= 0.6 is 0 Å². The van der Waals surface area contributed by atoms with E-state index in [1.165, 1.54) is 4.90 Å². The molecule has 2 aromatic carbocycles. The van der Waals surface area contributed by atoms with Gasteiger partial charge < -0.3 is 50.4 Å². The molecule has 4 atom stereocenters. The van der Waals surface area contributed by atoms with E-state index in [1.54, 1.807) is 59.1 Å². The van der Waals surface area contributed by atoms with Crippen LogP contribution in [0.5, 0.6) is 5.75 Å². The molecule has 244 valence electrons. The Morgan fingerprint density at radius 1 is 0.818 bits per heavy atom. The van der Waals surface area contributed by atoms with Crippen LogP contribution < -0.4 is 20.7 Å². The van der Waals surface area contributed by atoms with Crippen molar-refractivity contribution < 1.29 is 43.9 Å². The first-order valence-electron chi connectivity index (χ1n) is 14.4. The van der Waals surface area contributed by atoms with Gasteiger partial charge in [0, 0.05) is 27.2 Å². The van der Waals surface area contributed by atoms with Gasteiger partial charge >= 0.3 is 18.3 Å². The van der Waals surface area contributed by atoms with Crippen molar-refractivity contribution in [1.29, 1.82) is 0 Å². The fraction of sp³-hybridized carbons (Fsp3) is 0.516. The Kier molecular flexibility index (Phi) is 14.7. The van der Waals surface area contributed by atoms with Crippen molar-refractivity contribution >= 4 is 18.3 Å². The molecule has 13 nitrogen and oxygen atoms in total. The van der Waals surface area contributed by atoms with Crippen molar-refractivity contribution in [3.05, 3.63) is 65.7 Å². The Bertz CT molecular complexity index is 1160. The Morgan fingerprint density at radius 2 is 1.36 bits per heavy atom. The molecule has 2 rings (SSSR count). The first-order chi connectivity index (χ1) is 20.7. The van der Waals surface area contributed by atoms with Crippen LogP contribution in [0.25, 0.3) is 0 Å². The summed E-state index contributed by atoms with van der Waals surface area (Å²) in [4.78, 5) is 36.7. The molecule has 0 bridgehead atoms. The van der Waals surface area contributed by atoms with E-state index in [2.05, 4.69) is 16.0 Å². The molecule has 0 saturated carbocycles. The molecule has 44 heavy (non-hydrogen) atoms. The van der Waals surface area contributed by atoms with Crippen LogP contribution in [0.4, 0.5) is 14.4 Å². The second-order valence-electron chi connectivity index (χ2n) is 11.5. The maximum absolute atomic E-state index is 12.6. The van der Waals surface area contributed by atoms with Gasteiger partial charge in [-0.25, -0.2) is 14.4 Å². The average molecular weight is 619 g/mol. The van der Waals surface area contributed by atoms with Gasteiger partial charge in [0.2, 0.25) is 0 Å². The fourth-order valence-electron chi connectivity index (χ4n) is 4.11. The van der Waals surface area contributed by atoms with Crippen molar-refractivity contribution in [3.8, 4) is 5.75 Å². The number of hydrogen-bond acceptors (Lipinski definition) is 9. The van der Waals surface area contributed by atoms with E-state index in [1.807, 2.05) is 30.3 Å². The highest BCUT2D eigenvalue weighted by Crippen LogP contribution is 2.16. The maximum atomic E-state index is 12.6. The van der Waals surface area contributed by atoms with Crippen molar-refractivity contribution in [2.24, 2.45) is 0 Å². The summed E-state index contributed by atoms with van der Waals surface area (Å²) >= 11 is 0. The van der Waals surface area contributed by atoms with E-state index < -0.39 is 48.2 Å². The van der Waals surface area contributed by atoms with Crippen molar-refractivity contribution in [1.82, 2.24) is 20.9 Å². The summed E-state index contributed by atoms with van der Waals surface area (Å²) in [7, 11) is 3.18. The number of nitrogens with zero attached hydrogens (tertiary/aromatic N) is 1. The number of aliphatic hydroxyl groups excluding tert-OH is 2. The smallest absolute Gasteiger partial charge is 0.409 e. The summed E-state index contributed by atoms with van der Waals surface area (Å²) in [6.45, 7) is 5.45. The first kappa shape index (κ1) is 36.1. The molecule has 0 heterocycles. The van der Waals surface area contributed by atoms with Gasteiger partial charge in [0.05, 0.1) is 24.3 Å². The number of ether oxygens (including phenoxy) is 3. The third kappa shape index (κ3) is 14.4. The summed E-state index contributed by atoms with van der Waals surface area (Å²) in [5.74, 6) is 0.558. The number of alkyl carbamates (subject to hydrolysis) is 1. The largest absolute Gasteiger partial charge is 0.490 e. The number of carbonyl (C=O) groups is 3. The van der Waals surface area contributed by atoms with E-state index in [0.29, 0.717) is 5.75 Å². The van der Waals surface area contributed by atoms with Crippen LogP contribution in [0.1, 0.15) is 31.9 Å². The number of carbonyl (C=O) groups excluding carboxylic acids is 2. The van der Waals surface area contributed by atoms with Gasteiger partial charge in [-0.2, -0.15) is 0 Å². The molecule has 0 spiro atoms. The van der Waals surface area contributed by atoms with Crippen LogP contribution in [0.3, 0.4) is 0 Å².